The van der Waals surface area contributed by atoms with Crippen LogP contribution >= 0.6 is 0 Å². The van der Waals surface area contributed by atoms with Crippen molar-refractivity contribution < 1.29 is 17.9 Å². The summed E-state index contributed by atoms with van der Waals surface area (Å²) in [5.74, 6) is 0.365. The molecular formula is C23H32N2O4S. The van der Waals surface area contributed by atoms with Crippen molar-refractivity contribution in [1.82, 2.24) is 5.32 Å². The van der Waals surface area contributed by atoms with Crippen LogP contribution in [0.3, 0.4) is 0 Å². The Kier molecular flexibility index (Phi) is 8.72. The van der Waals surface area contributed by atoms with Crippen LogP contribution in [0.5, 0.6) is 5.75 Å². The molecule has 0 aliphatic carbocycles. The van der Waals surface area contributed by atoms with Crippen LogP contribution in [-0.4, -0.2) is 39.8 Å². The largest absolute Gasteiger partial charge is 0.494 e. The number of ether oxygens (including phenoxy) is 1. The lowest BCUT2D eigenvalue weighted by atomic mass is 10.1. The zero-order chi connectivity index (χ0) is 22.1. The Morgan fingerprint density at radius 1 is 1.13 bits per heavy atom. The molecule has 0 heterocycles. The average molecular weight is 433 g/mol. The Balaban J connectivity index is 2.05. The molecule has 1 N–H and O–H groups in total. The first-order chi connectivity index (χ1) is 14.3. The van der Waals surface area contributed by atoms with E-state index in [0.717, 1.165) is 19.1 Å². The van der Waals surface area contributed by atoms with Crippen molar-refractivity contribution in [3.05, 3.63) is 59.7 Å². The molecule has 2 aromatic carbocycles. The number of anilines is 1. The van der Waals surface area contributed by atoms with Gasteiger partial charge in [0.05, 0.1) is 18.6 Å². The van der Waals surface area contributed by atoms with Gasteiger partial charge in [0.1, 0.15) is 11.8 Å². The topological polar surface area (TPSA) is 75.7 Å². The van der Waals surface area contributed by atoms with Crippen molar-refractivity contribution in [3.63, 3.8) is 0 Å². The van der Waals surface area contributed by atoms with Crippen molar-refractivity contribution in [2.45, 2.75) is 46.1 Å². The minimum absolute atomic E-state index is 0.291. The van der Waals surface area contributed by atoms with Crippen LogP contribution < -0.4 is 14.4 Å². The Labute approximate surface area is 180 Å². The molecule has 1 atom stereocenters. The van der Waals surface area contributed by atoms with Crippen LogP contribution in [-0.2, 0) is 21.2 Å². The fourth-order valence-electron chi connectivity index (χ4n) is 3.41. The molecule has 0 spiro atoms. The molecule has 0 saturated carbocycles. The van der Waals surface area contributed by atoms with Gasteiger partial charge in [0, 0.05) is 6.54 Å². The monoisotopic (exact) mass is 432 g/mol. The molecule has 0 aliphatic rings. The molecule has 0 aromatic heterocycles. The minimum Gasteiger partial charge on any atom is -0.494 e. The fourth-order valence-corrected chi connectivity index (χ4v) is 4.62. The highest BCUT2D eigenvalue weighted by Gasteiger charge is 2.31. The highest BCUT2D eigenvalue weighted by atomic mass is 32.2. The van der Waals surface area contributed by atoms with Gasteiger partial charge in [0.2, 0.25) is 15.9 Å². The summed E-state index contributed by atoms with van der Waals surface area (Å²) in [5.41, 5.74) is 2.88. The van der Waals surface area contributed by atoms with Crippen LogP contribution in [0.2, 0.25) is 0 Å². The lowest BCUT2D eigenvalue weighted by Gasteiger charge is -2.30. The standard InChI is InChI=1S/C23H32N2O4S/c1-5-22(23(26)24-16-8-11-19-10-7-9-18(3)17-19)25(30(4,27)28)20-12-14-21(15-13-20)29-6-2/h7,9-10,12-15,17,22H,5-6,8,11,16H2,1-4H3,(H,24,26)/t22-/m1/s1. The fraction of sp³-hybridized carbons (Fsp3) is 0.435. The molecule has 30 heavy (non-hydrogen) atoms. The Morgan fingerprint density at radius 2 is 1.83 bits per heavy atom. The molecule has 6 nitrogen and oxygen atoms in total. The molecule has 0 unspecified atom stereocenters. The summed E-state index contributed by atoms with van der Waals surface area (Å²) in [7, 11) is -3.65. The van der Waals surface area contributed by atoms with Crippen LogP contribution in [0, 0.1) is 6.92 Å². The van der Waals surface area contributed by atoms with Gasteiger partial charge < -0.3 is 10.1 Å². The molecule has 7 heteroatoms. The van der Waals surface area contributed by atoms with Crippen LogP contribution in [0.4, 0.5) is 5.69 Å². The van der Waals surface area contributed by atoms with E-state index in [4.69, 9.17) is 4.74 Å². The molecule has 0 aliphatic heterocycles. The van der Waals surface area contributed by atoms with E-state index in [-0.39, 0.29) is 5.91 Å². The maximum Gasteiger partial charge on any atom is 0.243 e. The van der Waals surface area contributed by atoms with Gasteiger partial charge in [-0.05, 0) is 62.9 Å². The summed E-state index contributed by atoms with van der Waals surface area (Å²) in [4.78, 5) is 12.8. The van der Waals surface area contributed by atoms with E-state index >= 15 is 0 Å². The van der Waals surface area contributed by atoms with Crippen molar-refractivity contribution >= 4 is 21.6 Å². The second-order valence-corrected chi connectivity index (χ2v) is 9.15. The molecule has 0 radical (unpaired) electrons. The predicted octanol–water partition coefficient (Wildman–Crippen LogP) is 3.69. The Morgan fingerprint density at radius 3 is 2.40 bits per heavy atom. The molecule has 164 valence electrons. The summed E-state index contributed by atoms with van der Waals surface area (Å²) in [6.07, 6.45) is 3.13. The first-order valence-electron chi connectivity index (χ1n) is 10.3. The zero-order valence-corrected chi connectivity index (χ0v) is 19.0. The molecule has 0 bridgehead atoms. The number of sulfonamides is 1. The summed E-state index contributed by atoms with van der Waals surface area (Å²) < 4.78 is 31.6. The van der Waals surface area contributed by atoms with Gasteiger partial charge in [0.25, 0.3) is 0 Å². The second kappa shape index (κ2) is 11.0. The van der Waals surface area contributed by atoms with Crippen LogP contribution in [0.1, 0.15) is 37.8 Å². The van der Waals surface area contributed by atoms with E-state index in [1.165, 1.54) is 15.4 Å². The predicted molar refractivity (Wildman–Crippen MR) is 122 cm³/mol. The summed E-state index contributed by atoms with van der Waals surface area (Å²) in [5, 5.41) is 2.90. The van der Waals surface area contributed by atoms with Crippen LogP contribution in [0.15, 0.2) is 48.5 Å². The number of nitrogens with one attached hydrogen (secondary N) is 1. The van der Waals surface area contributed by atoms with E-state index in [1.807, 2.05) is 19.9 Å². The van der Waals surface area contributed by atoms with Crippen molar-refractivity contribution in [2.75, 3.05) is 23.7 Å². The lowest BCUT2D eigenvalue weighted by Crippen LogP contribution is -2.49. The van der Waals surface area contributed by atoms with Gasteiger partial charge in [0.15, 0.2) is 0 Å². The highest BCUT2D eigenvalue weighted by Crippen LogP contribution is 2.25. The van der Waals surface area contributed by atoms with Crippen molar-refractivity contribution in [3.8, 4) is 5.75 Å². The van der Waals surface area contributed by atoms with E-state index in [1.54, 1.807) is 24.3 Å². The highest BCUT2D eigenvalue weighted by molar-refractivity contribution is 7.92. The molecular weight excluding hydrogens is 400 g/mol. The quantitative estimate of drug-likeness (QED) is 0.550. The van der Waals surface area contributed by atoms with Gasteiger partial charge in [-0.3, -0.25) is 9.10 Å². The van der Waals surface area contributed by atoms with E-state index < -0.39 is 16.1 Å². The SMILES string of the molecule is CCOc1ccc(N([C@H](CC)C(=O)NCCCc2cccc(C)c2)S(C)(=O)=O)cc1. The van der Waals surface area contributed by atoms with Gasteiger partial charge in [-0.25, -0.2) is 8.42 Å². The number of carbonyl (C=O) groups is 1. The zero-order valence-electron chi connectivity index (χ0n) is 18.2. The number of hydrogen-bond donors (Lipinski definition) is 1. The summed E-state index contributed by atoms with van der Waals surface area (Å²) in [6.45, 7) is 6.76. The maximum atomic E-state index is 12.8. The number of carbonyl (C=O) groups excluding carboxylic acids is 1. The summed E-state index contributed by atoms with van der Waals surface area (Å²) >= 11 is 0. The number of hydrogen-bond acceptors (Lipinski definition) is 4. The number of aryl methyl sites for hydroxylation is 2. The van der Waals surface area contributed by atoms with Gasteiger partial charge in [-0.1, -0.05) is 36.8 Å². The number of benzene rings is 2. The first-order valence-corrected chi connectivity index (χ1v) is 12.2. The third-order valence-corrected chi connectivity index (χ3v) is 5.94. The molecule has 2 rings (SSSR count). The second-order valence-electron chi connectivity index (χ2n) is 7.29. The Hall–Kier alpha value is -2.54. The molecule has 0 fully saturated rings. The van der Waals surface area contributed by atoms with E-state index in [9.17, 15) is 13.2 Å². The normalized spacial score (nSPS) is 12.3. The van der Waals surface area contributed by atoms with Gasteiger partial charge in [-0.15, -0.1) is 0 Å². The number of rotatable bonds is 11. The maximum absolute atomic E-state index is 12.8. The minimum atomic E-state index is -3.65. The van der Waals surface area contributed by atoms with Crippen LogP contribution in [0.25, 0.3) is 0 Å². The number of amides is 1. The molecule has 1 amide bonds. The smallest absolute Gasteiger partial charge is 0.243 e. The van der Waals surface area contributed by atoms with Crippen molar-refractivity contribution in [2.24, 2.45) is 0 Å². The van der Waals surface area contributed by atoms with Gasteiger partial charge in [-0.2, -0.15) is 0 Å². The third-order valence-electron chi connectivity index (χ3n) is 4.76. The lowest BCUT2D eigenvalue weighted by molar-refractivity contribution is -0.122. The van der Waals surface area contributed by atoms with Gasteiger partial charge >= 0.3 is 0 Å². The summed E-state index contributed by atoms with van der Waals surface area (Å²) in [6, 6.07) is 14.2. The first kappa shape index (κ1) is 23.7. The average Bonchev–Trinajstić information content (AvgIpc) is 2.69. The van der Waals surface area contributed by atoms with Crippen molar-refractivity contribution in [1.29, 1.82) is 0 Å². The third kappa shape index (κ3) is 6.76. The molecule has 2 aromatic rings. The Bertz CT molecular complexity index is 926. The van der Waals surface area contributed by atoms with E-state index in [2.05, 4.69) is 30.4 Å². The van der Waals surface area contributed by atoms with E-state index in [0.29, 0.717) is 31.0 Å². The number of nitrogens with zero attached hydrogens (tertiary/aromatic N) is 1. The molecule has 0 saturated heterocycles.